The standard InChI is InChI=1S/C18H20N6O2/c1-23-12-14(11-20-23)17-21-16(22-26-17)15-7-3-2-4-9-24(15)18(25)13-6-5-8-19-10-13/h5-6,8,10-12,15H,2-4,7,9H2,1H3/t15-/m0/s1. The van der Waals surface area contributed by atoms with Gasteiger partial charge in [-0.1, -0.05) is 18.0 Å². The smallest absolute Gasteiger partial charge is 0.261 e. The van der Waals surface area contributed by atoms with E-state index in [0.29, 0.717) is 23.8 Å². The van der Waals surface area contributed by atoms with Crippen LogP contribution in [0.1, 0.15) is 47.9 Å². The van der Waals surface area contributed by atoms with E-state index in [1.165, 1.54) is 0 Å². The SMILES string of the molecule is Cn1cc(-c2nc([C@@H]3CCCCCN3C(=O)c3cccnc3)no2)cn1. The summed E-state index contributed by atoms with van der Waals surface area (Å²) < 4.78 is 7.11. The molecule has 3 aromatic heterocycles. The molecule has 3 aromatic rings. The van der Waals surface area contributed by atoms with Crippen molar-refractivity contribution in [3.8, 4) is 11.5 Å². The molecule has 0 radical (unpaired) electrons. The normalized spacial score (nSPS) is 17.9. The van der Waals surface area contributed by atoms with Crippen molar-refractivity contribution >= 4 is 5.91 Å². The topological polar surface area (TPSA) is 89.9 Å². The van der Waals surface area contributed by atoms with Crippen molar-refractivity contribution in [2.24, 2.45) is 7.05 Å². The van der Waals surface area contributed by atoms with Gasteiger partial charge >= 0.3 is 0 Å². The van der Waals surface area contributed by atoms with Crippen LogP contribution in [0.2, 0.25) is 0 Å². The van der Waals surface area contributed by atoms with Gasteiger partial charge in [0.2, 0.25) is 0 Å². The largest absolute Gasteiger partial charge is 0.334 e. The van der Waals surface area contributed by atoms with Gasteiger partial charge in [0.05, 0.1) is 23.4 Å². The lowest BCUT2D eigenvalue weighted by Crippen LogP contribution is -2.35. The third kappa shape index (κ3) is 3.22. The number of aromatic nitrogens is 5. The molecular weight excluding hydrogens is 332 g/mol. The molecule has 8 heteroatoms. The number of carbonyl (C=O) groups excluding carboxylic acids is 1. The third-order valence-electron chi connectivity index (χ3n) is 4.61. The lowest BCUT2D eigenvalue weighted by molar-refractivity contribution is 0.0670. The predicted octanol–water partition coefficient (Wildman–Crippen LogP) is 2.62. The minimum atomic E-state index is -0.195. The van der Waals surface area contributed by atoms with E-state index in [4.69, 9.17) is 4.52 Å². The molecule has 1 aliphatic rings. The number of hydrogen-bond donors (Lipinski definition) is 0. The average molecular weight is 352 g/mol. The van der Waals surface area contributed by atoms with Crippen LogP contribution in [0.4, 0.5) is 0 Å². The Kier molecular flexibility index (Phi) is 4.47. The number of carbonyl (C=O) groups is 1. The first kappa shape index (κ1) is 16.4. The second-order valence-electron chi connectivity index (χ2n) is 6.47. The van der Waals surface area contributed by atoms with Gasteiger partial charge in [0, 0.05) is 32.2 Å². The molecule has 0 saturated carbocycles. The summed E-state index contributed by atoms with van der Waals surface area (Å²) in [5.74, 6) is 0.923. The first-order valence-corrected chi connectivity index (χ1v) is 8.76. The maximum absolute atomic E-state index is 13.0. The van der Waals surface area contributed by atoms with Gasteiger partial charge in [0.1, 0.15) is 0 Å². The van der Waals surface area contributed by atoms with Crippen LogP contribution in [0.25, 0.3) is 11.5 Å². The number of hydrogen-bond acceptors (Lipinski definition) is 6. The Morgan fingerprint density at radius 3 is 2.96 bits per heavy atom. The van der Waals surface area contributed by atoms with Crippen molar-refractivity contribution in [2.75, 3.05) is 6.54 Å². The van der Waals surface area contributed by atoms with Gasteiger partial charge in [0.25, 0.3) is 11.8 Å². The van der Waals surface area contributed by atoms with E-state index in [-0.39, 0.29) is 11.9 Å². The summed E-state index contributed by atoms with van der Waals surface area (Å²) >= 11 is 0. The van der Waals surface area contributed by atoms with Crippen LogP contribution in [-0.2, 0) is 7.05 Å². The van der Waals surface area contributed by atoms with Crippen LogP contribution in [-0.4, -0.2) is 42.3 Å². The molecule has 1 aliphatic heterocycles. The predicted molar refractivity (Wildman–Crippen MR) is 93.0 cm³/mol. The van der Waals surface area contributed by atoms with Crippen LogP contribution in [0.3, 0.4) is 0 Å². The summed E-state index contributed by atoms with van der Waals surface area (Å²) in [6.07, 6.45) is 10.7. The van der Waals surface area contributed by atoms with E-state index >= 15 is 0 Å². The molecule has 0 N–H and O–H groups in total. The van der Waals surface area contributed by atoms with Gasteiger partial charge in [-0.05, 0) is 25.0 Å². The lowest BCUT2D eigenvalue weighted by Gasteiger charge is -2.27. The number of rotatable bonds is 3. The van der Waals surface area contributed by atoms with Crippen molar-refractivity contribution in [3.05, 3.63) is 48.3 Å². The molecule has 0 spiro atoms. The number of likely N-dealkylation sites (tertiary alicyclic amines) is 1. The Morgan fingerprint density at radius 2 is 2.19 bits per heavy atom. The first-order valence-electron chi connectivity index (χ1n) is 8.76. The number of nitrogens with zero attached hydrogens (tertiary/aromatic N) is 6. The maximum Gasteiger partial charge on any atom is 0.261 e. The van der Waals surface area contributed by atoms with E-state index in [1.54, 1.807) is 35.4 Å². The second kappa shape index (κ2) is 7.07. The monoisotopic (exact) mass is 352 g/mol. The molecule has 4 heterocycles. The van der Waals surface area contributed by atoms with E-state index in [0.717, 1.165) is 31.2 Å². The number of amides is 1. The molecule has 0 aliphatic carbocycles. The molecule has 1 amide bonds. The van der Waals surface area contributed by atoms with Gasteiger partial charge in [-0.25, -0.2) is 0 Å². The van der Waals surface area contributed by atoms with Gasteiger partial charge in [-0.15, -0.1) is 0 Å². The van der Waals surface area contributed by atoms with Gasteiger partial charge in [-0.2, -0.15) is 10.1 Å². The fourth-order valence-electron chi connectivity index (χ4n) is 3.29. The summed E-state index contributed by atoms with van der Waals surface area (Å²) in [6.45, 7) is 0.676. The van der Waals surface area contributed by atoms with E-state index in [1.807, 2.05) is 18.1 Å². The van der Waals surface area contributed by atoms with Crippen LogP contribution >= 0.6 is 0 Å². The quantitative estimate of drug-likeness (QED) is 0.720. The maximum atomic E-state index is 13.0. The Labute approximate surface area is 150 Å². The molecule has 1 fully saturated rings. The first-order chi connectivity index (χ1) is 12.7. The molecular formula is C18H20N6O2. The van der Waals surface area contributed by atoms with Gasteiger partial charge in [-0.3, -0.25) is 14.5 Å². The van der Waals surface area contributed by atoms with Crippen LogP contribution in [0.5, 0.6) is 0 Å². The molecule has 1 saturated heterocycles. The Hall–Kier alpha value is -3.03. The lowest BCUT2D eigenvalue weighted by atomic mass is 10.1. The molecule has 134 valence electrons. The van der Waals surface area contributed by atoms with Gasteiger partial charge in [0.15, 0.2) is 5.82 Å². The highest BCUT2D eigenvalue weighted by Crippen LogP contribution is 2.31. The van der Waals surface area contributed by atoms with Crippen molar-refractivity contribution in [1.29, 1.82) is 0 Å². The highest BCUT2D eigenvalue weighted by Gasteiger charge is 2.31. The molecule has 8 nitrogen and oxygen atoms in total. The summed E-state index contributed by atoms with van der Waals surface area (Å²) in [5, 5.41) is 8.29. The van der Waals surface area contributed by atoms with Crippen molar-refractivity contribution in [2.45, 2.75) is 31.7 Å². The Bertz CT molecular complexity index is 888. The van der Waals surface area contributed by atoms with Crippen molar-refractivity contribution in [1.82, 2.24) is 29.8 Å². The number of pyridine rings is 1. The number of aryl methyl sites for hydroxylation is 1. The zero-order valence-corrected chi connectivity index (χ0v) is 14.6. The summed E-state index contributed by atoms with van der Waals surface area (Å²) in [7, 11) is 1.83. The Morgan fingerprint density at radius 1 is 1.27 bits per heavy atom. The van der Waals surface area contributed by atoms with Crippen LogP contribution < -0.4 is 0 Å². The van der Waals surface area contributed by atoms with Gasteiger partial charge < -0.3 is 9.42 Å². The highest BCUT2D eigenvalue weighted by atomic mass is 16.5. The fraction of sp³-hybridized carbons (Fsp3) is 0.389. The zero-order valence-electron chi connectivity index (χ0n) is 14.6. The molecule has 1 atom stereocenters. The molecule has 0 bridgehead atoms. The Balaban J connectivity index is 1.64. The third-order valence-corrected chi connectivity index (χ3v) is 4.61. The fourth-order valence-corrected chi connectivity index (χ4v) is 3.29. The second-order valence-corrected chi connectivity index (χ2v) is 6.47. The molecule has 4 rings (SSSR count). The van der Waals surface area contributed by atoms with Crippen LogP contribution in [0, 0.1) is 0 Å². The molecule has 0 unspecified atom stereocenters. The van der Waals surface area contributed by atoms with E-state index in [9.17, 15) is 4.79 Å². The summed E-state index contributed by atoms with van der Waals surface area (Å²) in [4.78, 5) is 23.5. The molecule has 0 aromatic carbocycles. The summed E-state index contributed by atoms with van der Waals surface area (Å²) in [6, 6.07) is 3.36. The van der Waals surface area contributed by atoms with Crippen molar-refractivity contribution < 1.29 is 9.32 Å². The zero-order chi connectivity index (χ0) is 17.9. The minimum Gasteiger partial charge on any atom is -0.334 e. The van der Waals surface area contributed by atoms with Crippen LogP contribution in [0.15, 0.2) is 41.4 Å². The summed E-state index contributed by atoms with van der Waals surface area (Å²) in [5.41, 5.74) is 1.35. The van der Waals surface area contributed by atoms with E-state index in [2.05, 4.69) is 20.2 Å². The highest BCUT2D eigenvalue weighted by molar-refractivity contribution is 5.94. The molecule has 26 heavy (non-hydrogen) atoms. The van der Waals surface area contributed by atoms with E-state index < -0.39 is 0 Å². The average Bonchev–Trinajstić information content (AvgIpc) is 3.25. The van der Waals surface area contributed by atoms with Crippen molar-refractivity contribution in [3.63, 3.8) is 0 Å². The minimum absolute atomic E-state index is 0.0438.